The minimum absolute atomic E-state index is 0.287. The van der Waals surface area contributed by atoms with E-state index in [4.69, 9.17) is 4.74 Å². The fourth-order valence-electron chi connectivity index (χ4n) is 3.29. The lowest BCUT2D eigenvalue weighted by atomic mass is 9.93. The van der Waals surface area contributed by atoms with E-state index < -0.39 is 17.5 Å². The quantitative estimate of drug-likeness (QED) is 0.618. The summed E-state index contributed by atoms with van der Waals surface area (Å²) in [7, 11) is 0. The van der Waals surface area contributed by atoms with Crippen LogP contribution in [0.1, 0.15) is 37.9 Å². The smallest absolute Gasteiger partial charge is 0.325 e. The highest BCUT2D eigenvalue weighted by Gasteiger charge is 2.49. The van der Waals surface area contributed by atoms with E-state index in [1.54, 1.807) is 6.20 Å². The molecule has 1 aromatic heterocycles. The van der Waals surface area contributed by atoms with Crippen molar-refractivity contribution in [3.63, 3.8) is 0 Å². The molecule has 1 fully saturated rings. The van der Waals surface area contributed by atoms with Crippen molar-refractivity contribution in [3.05, 3.63) is 59.9 Å². The average Bonchev–Trinajstić information content (AvgIpc) is 3.02. The number of ether oxygens (including phenoxy) is 1. The van der Waals surface area contributed by atoms with Crippen LogP contribution in [0.15, 0.2) is 48.7 Å². The van der Waals surface area contributed by atoms with E-state index in [9.17, 15) is 14.4 Å². The van der Waals surface area contributed by atoms with Crippen LogP contribution in [0.25, 0.3) is 0 Å². The van der Waals surface area contributed by atoms with Gasteiger partial charge in [-0.05, 0) is 42.7 Å². The zero-order valence-electron chi connectivity index (χ0n) is 17.2. The van der Waals surface area contributed by atoms with Gasteiger partial charge in [0, 0.05) is 12.7 Å². The fraction of sp³-hybridized carbons (Fsp3) is 0.364. The van der Waals surface area contributed by atoms with Crippen LogP contribution in [0.3, 0.4) is 0 Å². The van der Waals surface area contributed by atoms with Gasteiger partial charge in [-0.25, -0.2) is 4.79 Å². The normalized spacial score (nSPS) is 15.1. The second-order valence-electron chi connectivity index (χ2n) is 7.14. The molecule has 30 heavy (non-hydrogen) atoms. The van der Waals surface area contributed by atoms with Crippen LogP contribution in [-0.2, 0) is 22.7 Å². The lowest BCUT2D eigenvalue weighted by Gasteiger charge is -2.23. The molecule has 0 radical (unpaired) electrons. The first-order chi connectivity index (χ1) is 14.5. The number of urea groups is 1. The van der Waals surface area contributed by atoms with Crippen LogP contribution in [0.2, 0.25) is 0 Å². The van der Waals surface area contributed by atoms with E-state index in [0.717, 1.165) is 16.2 Å². The number of pyridine rings is 1. The minimum atomic E-state index is -0.900. The number of nitrogens with zero attached hydrogens (tertiary/aromatic N) is 2. The van der Waals surface area contributed by atoms with Gasteiger partial charge in [0.2, 0.25) is 5.91 Å². The number of hydrogen-bond acceptors (Lipinski definition) is 5. The third-order valence-electron chi connectivity index (χ3n) is 5.28. The molecule has 3 rings (SSSR count). The van der Waals surface area contributed by atoms with Gasteiger partial charge in [0.25, 0.3) is 5.91 Å². The van der Waals surface area contributed by atoms with Gasteiger partial charge in [0.05, 0.1) is 5.69 Å². The summed E-state index contributed by atoms with van der Waals surface area (Å²) in [6.45, 7) is 4.05. The zero-order valence-corrected chi connectivity index (χ0v) is 17.2. The maximum atomic E-state index is 12.6. The summed E-state index contributed by atoms with van der Waals surface area (Å²) >= 11 is 0. The molecule has 0 bridgehead atoms. The highest BCUT2D eigenvalue weighted by Crippen LogP contribution is 2.24. The first-order valence-electron chi connectivity index (χ1n) is 10.00. The molecule has 1 aliphatic heterocycles. The molecule has 1 aliphatic rings. The number of nitrogens with one attached hydrogen (secondary N) is 2. The maximum Gasteiger partial charge on any atom is 0.325 e. The minimum Gasteiger partial charge on any atom is -0.487 e. The van der Waals surface area contributed by atoms with Crippen molar-refractivity contribution in [1.29, 1.82) is 0 Å². The molecule has 0 aliphatic carbocycles. The van der Waals surface area contributed by atoms with Gasteiger partial charge in [0.1, 0.15) is 24.4 Å². The molecule has 0 saturated carbocycles. The molecule has 0 unspecified atom stereocenters. The fourth-order valence-corrected chi connectivity index (χ4v) is 3.29. The monoisotopic (exact) mass is 410 g/mol. The van der Waals surface area contributed by atoms with Gasteiger partial charge in [-0.2, -0.15) is 0 Å². The largest absolute Gasteiger partial charge is 0.487 e. The summed E-state index contributed by atoms with van der Waals surface area (Å²) in [5, 5.41) is 5.46. The lowest BCUT2D eigenvalue weighted by molar-refractivity contribution is -0.135. The van der Waals surface area contributed by atoms with Crippen molar-refractivity contribution in [3.8, 4) is 5.75 Å². The van der Waals surface area contributed by atoms with E-state index in [2.05, 4.69) is 15.6 Å². The predicted octanol–water partition coefficient (Wildman–Crippen LogP) is 2.39. The number of hydrogen-bond donors (Lipinski definition) is 2. The number of amides is 4. The summed E-state index contributed by atoms with van der Waals surface area (Å²) in [5.41, 5.74) is 0.814. The molecular formula is C22H26N4O4. The molecule has 8 heteroatoms. The van der Waals surface area contributed by atoms with Gasteiger partial charge < -0.3 is 15.4 Å². The predicted molar refractivity (Wildman–Crippen MR) is 110 cm³/mol. The SMILES string of the molecule is CCC1(CC)NC(=O)N(CC(=O)NCc2ccc(OCc3ccccn3)cc2)C1=O. The molecule has 4 amide bonds. The molecule has 2 N–H and O–H groups in total. The van der Waals surface area contributed by atoms with Gasteiger partial charge in [-0.15, -0.1) is 0 Å². The Hall–Kier alpha value is -3.42. The third-order valence-corrected chi connectivity index (χ3v) is 5.28. The Morgan fingerprint density at radius 3 is 2.47 bits per heavy atom. The van der Waals surface area contributed by atoms with Crippen molar-refractivity contribution in [1.82, 2.24) is 20.5 Å². The Balaban J connectivity index is 1.48. The molecule has 1 saturated heterocycles. The summed E-state index contributed by atoms with van der Waals surface area (Å²) in [6.07, 6.45) is 2.69. The number of rotatable bonds is 9. The molecule has 1 aromatic carbocycles. The summed E-state index contributed by atoms with van der Waals surface area (Å²) in [4.78, 5) is 42.1. The van der Waals surface area contributed by atoms with Crippen LogP contribution >= 0.6 is 0 Å². The summed E-state index contributed by atoms with van der Waals surface area (Å²) in [5.74, 6) is -0.0374. The lowest BCUT2D eigenvalue weighted by Crippen LogP contribution is -2.46. The average molecular weight is 410 g/mol. The second-order valence-corrected chi connectivity index (χ2v) is 7.14. The van der Waals surface area contributed by atoms with Crippen molar-refractivity contribution < 1.29 is 19.1 Å². The van der Waals surface area contributed by atoms with E-state index in [0.29, 0.717) is 25.2 Å². The van der Waals surface area contributed by atoms with E-state index in [1.807, 2.05) is 56.3 Å². The maximum absolute atomic E-state index is 12.6. The Bertz CT molecular complexity index is 895. The van der Waals surface area contributed by atoms with E-state index >= 15 is 0 Å². The second kappa shape index (κ2) is 9.39. The van der Waals surface area contributed by atoms with E-state index in [1.165, 1.54) is 0 Å². The molecule has 0 spiro atoms. The Kier molecular flexibility index (Phi) is 6.66. The topological polar surface area (TPSA) is 101 Å². The number of imide groups is 1. The van der Waals surface area contributed by atoms with Crippen LogP contribution in [0, 0.1) is 0 Å². The number of carbonyl (C=O) groups excluding carboxylic acids is 3. The highest BCUT2D eigenvalue weighted by atomic mass is 16.5. The molecule has 2 aromatic rings. The summed E-state index contributed by atoms with van der Waals surface area (Å²) in [6, 6.07) is 12.5. The van der Waals surface area contributed by atoms with E-state index in [-0.39, 0.29) is 19.0 Å². The number of carbonyl (C=O) groups is 3. The van der Waals surface area contributed by atoms with Gasteiger partial charge in [-0.3, -0.25) is 19.5 Å². The molecule has 8 nitrogen and oxygen atoms in total. The first-order valence-corrected chi connectivity index (χ1v) is 10.00. The summed E-state index contributed by atoms with van der Waals surface area (Å²) < 4.78 is 5.69. The standard InChI is InChI=1S/C22H26N4O4/c1-3-22(4-2)20(28)26(21(29)25-22)14-19(27)24-13-16-8-10-18(11-9-16)30-15-17-7-5-6-12-23-17/h5-12H,3-4,13-15H2,1-2H3,(H,24,27)(H,25,29). The van der Waals surface area contributed by atoms with Gasteiger partial charge in [0.15, 0.2) is 0 Å². The van der Waals surface area contributed by atoms with Crippen molar-refractivity contribution in [2.75, 3.05) is 6.54 Å². The van der Waals surface area contributed by atoms with Crippen molar-refractivity contribution in [2.45, 2.75) is 45.4 Å². The molecule has 0 atom stereocenters. The van der Waals surface area contributed by atoms with Crippen LogP contribution < -0.4 is 15.4 Å². The van der Waals surface area contributed by atoms with Crippen molar-refractivity contribution >= 4 is 17.8 Å². The molecular weight excluding hydrogens is 384 g/mol. The Labute approximate surface area is 175 Å². The van der Waals surface area contributed by atoms with Crippen LogP contribution in [0.5, 0.6) is 5.75 Å². The van der Waals surface area contributed by atoms with Crippen LogP contribution in [0.4, 0.5) is 4.79 Å². The van der Waals surface area contributed by atoms with Crippen molar-refractivity contribution in [2.24, 2.45) is 0 Å². The van der Waals surface area contributed by atoms with Gasteiger partial charge >= 0.3 is 6.03 Å². The Morgan fingerprint density at radius 2 is 1.87 bits per heavy atom. The first kappa shape index (κ1) is 21.3. The highest BCUT2D eigenvalue weighted by molar-refractivity contribution is 6.08. The molecule has 2 heterocycles. The third kappa shape index (κ3) is 4.76. The number of aromatic nitrogens is 1. The van der Waals surface area contributed by atoms with Crippen LogP contribution in [-0.4, -0.2) is 39.8 Å². The Morgan fingerprint density at radius 1 is 1.13 bits per heavy atom. The zero-order chi connectivity index (χ0) is 21.6. The molecule has 158 valence electrons. The number of benzene rings is 1. The van der Waals surface area contributed by atoms with Gasteiger partial charge in [-0.1, -0.05) is 32.0 Å².